The molecule has 0 saturated carbocycles. The largest absolute Gasteiger partial charge is 0.316 e. The van der Waals surface area contributed by atoms with E-state index in [2.05, 4.69) is 27.3 Å². The van der Waals surface area contributed by atoms with E-state index >= 15 is 0 Å². The number of nitrogens with one attached hydrogen (secondary N) is 2. The molecule has 0 radical (unpaired) electrons. The van der Waals surface area contributed by atoms with E-state index in [1.165, 1.54) is 10.6 Å². The van der Waals surface area contributed by atoms with Crippen molar-refractivity contribution in [2.75, 3.05) is 13.1 Å². The smallest absolute Gasteiger partial charge is 0.274 e. The summed E-state index contributed by atoms with van der Waals surface area (Å²) in [4.78, 5) is 20.9. The van der Waals surface area contributed by atoms with Gasteiger partial charge in [-0.25, -0.2) is 4.98 Å². The van der Waals surface area contributed by atoms with Gasteiger partial charge in [-0.1, -0.05) is 13.3 Å². The molecule has 3 rings (SSSR count). The van der Waals surface area contributed by atoms with Gasteiger partial charge in [0.15, 0.2) is 0 Å². The Hall–Kier alpha value is -1.69. The zero-order chi connectivity index (χ0) is 14.2. The van der Waals surface area contributed by atoms with Crippen LogP contribution in [0.1, 0.15) is 44.1 Å². The van der Waals surface area contributed by atoms with E-state index in [0.29, 0.717) is 11.5 Å². The minimum absolute atomic E-state index is 0.00104. The van der Waals surface area contributed by atoms with Gasteiger partial charge in [-0.2, -0.15) is 9.50 Å². The quantitative estimate of drug-likeness (QED) is 0.881. The average molecular weight is 275 g/mol. The Balaban J connectivity index is 2.11. The highest BCUT2D eigenvalue weighted by molar-refractivity contribution is 5.30. The normalized spacial score (nSPS) is 23.3. The number of hydrogen-bond donors (Lipinski definition) is 2. The molecule has 2 N–H and O–H groups in total. The van der Waals surface area contributed by atoms with Gasteiger partial charge in [-0.15, -0.1) is 0 Å². The van der Waals surface area contributed by atoms with E-state index in [1.807, 2.05) is 6.92 Å². The first-order chi connectivity index (χ1) is 9.64. The molecular weight excluding hydrogens is 254 g/mol. The number of nitrogens with zero attached hydrogens (tertiary/aromatic N) is 3. The Morgan fingerprint density at radius 1 is 1.45 bits per heavy atom. The lowest BCUT2D eigenvalue weighted by molar-refractivity contribution is 0.276. The predicted molar refractivity (Wildman–Crippen MR) is 77.0 cm³/mol. The van der Waals surface area contributed by atoms with Crippen LogP contribution in [-0.2, 0) is 5.41 Å². The van der Waals surface area contributed by atoms with Gasteiger partial charge in [0.25, 0.3) is 11.3 Å². The van der Waals surface area contributed by atoms with Gasteiger partial charge in [0.05, 0.1) is 0 Å². The van der Waals surface area contributed by atoms with Crippen LogP contribution in [0.5, 0.6) is 0 Å². The van der Waals surface area contributed by atoms with Gasteiger partial charge in [0, 0.05) is 23.7 Å². The van der Waals surface area contributed by atoms with Crippen molar-refractivity contribution < 1.29 is 0 Å². The summed E-state index contributed by atoms with van der Waals surface area (Å²) in [5.41, 5.74) is 0.613. The van der Waals surface area contributed by atoms with Gasteiger partial charge >= 0.3 is 0 Å². The number of rotatable bonds is 3. The predicted octanol–water partition coefficient (Wildman–Crippen LogP) is 1.15. The molecule has 0 amide bonds. The molecule has 0 aromatic carbocycles. The zero-order valence-corrected chi connectivity index (χ0v) is 12.1. The minimum atomic E-state index is -0.0957. The summed E-state index contributed by atoms with van der Waals surface area (Å²) in [6.07, 6.45) is 4.40. The first kappa shape index (κ1) is 13.3. The van der Waals surface area contributed by atoms with E-state index in [4.69, 9.17) is 0 Å². The van der Waals surface area contributed by atoms with Gasteiger partial charge in [-0.3, -0.25) is 9.89 Å². The second kappa shape index (κ2) is 5.01. The van der Waals surface area contributed by atoms with Crippen molar-refractivity contribution in [3.05, 3.63) is 27.9 Å². The van der Waals surface area contributed by atoms with Crippen molar-refractivity contribution in [3.8, 4) is 0 Å². The molecular formula is C14H21N5O. The van der Waals surface area contributed by atoms with Crippen LogP contribution in [0, 0.1) is 6.92 Å². The molecule has 0 bridgehead atoms. The molecule has 6 heteroatoms. The maximum absolute atomic E-state index is 12.0. The third-order valence-electron chi connectivity index (χ3n) is 4.16. The molecule has 6 nitrogen and oxygen atoms in total. The van der Waals surface area contributed by atoms with Gasteiger partial charge in [-0.05, 0) is 32.7 Å². The molecule has 0 spiro atoms. The lowest BCUT2D eigenvalue weighted by atomic mass is 9.76. The van der Waals surface area contributed by atoms with Crippen LogP contribution in [0.15, 0.2) is 10.9 Å². The molecule has 1 unspecified atom stereocenters. The van der Waals surface area contributed by atoms with Crippen LogP contribution in [0.2, 0.25) is 0 Å². The molecule has 2 aromatic heterocycles. The van der Waals surface area contributed by atoms with Crippen molar-refractivity contribution in [1.82, 2.24) is 24.9 Å². The van der Waals surface area contributed by atoms with Crippen molar-refractivity contribution in [1.29, 1.82) is 0 Å². The maximum atomic E-state index is 12.0. The fourth-order valence-corrected chi connectivity index (χ4v) is 3.21. The number of aromatic nitrogens is 4. The van der Waals surface area contributed by atoms with Crippen LogP contribution < -0.4 is 10.9 Å². The first-order valence-corrected chi connectivity index (χ1v) is 7.32. The van der Waals surface area contributed by atoms with Crippen LogP contribution in [0.3, 0.4) is 0 Å². The third kappa shape index (κ3) is 2.14. The topological polar surface area (TPSA) is 75.1 Å². The summed E-state index contributed by atoms with van der Waals surface area (Å²) in [5.74, 6) is 1.37. The molecule has 108 valence electrons. The molecule has 1 atom stereocenters. The van der Waals surface area contributed by atoms with Gasteiger partial charge < -0.3 is 5.32 Å². The Labute approximate surface area is 117 Å². The highest BCUT2D eigenvalue weighted by Gasteiger charge is 2.36. The van der Waals surface area contributed by atoms with Crippen LogP contribution in [-0.4, -0.2) is 32.7 Å². The van der Waals surface area contributed by atoms with E-state index in [-0.39, 0.29) is 11.0 Å². The number of piperidine rings is 1. The summed E-state index contributed by atoms with van der Waals surface area (Å²) < 4.78 is 1.45. The molecule has 20 heavy (non-hydrogen) atoms. The number of H-pyrrole nitrogens is 1. The Bertz CT molecular complexity index is 660. The van der Waals surface area contributed by atoms with Crippen molar-refractivity contribution >= 4 is 5.78 Å². The SMILES string of the molecule is CCCC1(c2nc3nc(C)cc(=O)n3[nH]2)CCCNC1. The van der Waals surface area contributed by atoms with Crippen molar-refractivity contribution in [3.63, 3.8) is 0 Å². The summed E-state index contributed by atoms with van der Waals surface area (Å²) in [7, 11) is 0. The van der Waals surface area contributed by atoms with E-state index in [0.717, 1.165) is 44.6 Å². The van der Waals surface area contributed by atoms with E-state index in [9.17, 15) is 4.79 Å². The van der Waals surface area contributed by atoms with Gasteiger partial charge in [0.1, 0.15) is 5.82 Å². The van der Waals surface area contributed by atoms with Crippen molar-refractivity contribution in [2.45, 2.75) is 44.9 Å². The number of aryl methyl sites for hydroxylation is 1. The zero-order valence-electron chi connectivity index (χ0n) is 12.1. The molecule has 2 aromatic rings. The maximum Gasteiger partial charge on any atom is 0.274 e. The lowest BCUT2D eigenvalue weighted by Gasteiger charge is -2.35. The lowest BCUT2D eigenvalue weighted by Crippen LogP contribution is -2.44. The monoisotopic (exact) mass is 275 g/mol. The second-order valence-electron chi connectivity index (χ2n) is 5.75. The fraction of sp³-hybridized carbons (Fsp3) is 0.643. The molecule has 1 fully saturated rings. The van der Waals surface area contributed by atoms with Crippen LogP contribution in [0.4, 0.5) is 0 Å². The molecule has 1 saturated heterocycles. The minimum Gasteiger partial charge on any atom is -0.316 e. The Kier molecular flexibility index (Phi) is 3.33. The Morgan fingerprint density at radius 2 is 2.30 bits per heavy atom. The number of hydrogen-bond acceptors (Lipinski definition) is 4. The van der Waals surface area contributed by atoms with E-state index < -0.39 is 0 Å². The number of fused-ring (bicyclic) bond motifs is 1. The average Bonchev–Trinajstić information content (AvgIpc) is 2.85. The van der Waals surface area contributed by atoms with Crippen LogP contribution in [0.25, 0.3) is 5.78 Å². The molecule has 1 aliphatic rings. The summed E-state index contributed by atoms with van der Waals surface area (Å²) in [6.45, 7) is 5.98. The molecule has 0 aliphatic carbocycles. The van der Waals surface area contributed by atoms with Crippen LogP contribution >= 0.6 is 0 Å². The van der Waals surface area contributed by atoms with Gasteiger partial charge in [0.2, 0.25) is 0 Å². The fourth-order valence-electron chi connectivity index (χ4n) is 3.21. The molecule has 3 heterocycles. The third-order valence-corrected chi connectivity index (χ3v) is 4.16. The Morgan fingerprint density at radius 3 is 3.00 bits per heavy atom. The highest BCUT2D eigenvalue weighted by Crippen LogP contribution is 2.33. The summed E-state index contributed by atoms with van der Waals surface area (Å²) >= 11 is 0. The highest BCUT2D eigenvalue weighted by atomic mass is 16.1. The second-order valence-corrected chi connectivity index (χ2v) is 5.75. The van der Waals surface area contributed by atoms with Crippen molar-refractivity contribution in [2.24, 2.45) is 0 Å². The standard InChI is InChI=1S/C14H21N5O/c1-3-5-14(6-4-7-15-9-14)12-17-13-16-10(2)8-11(20)19(13)18-12/h8,15H,3-7,9H2,1-2H3,(H,16,17,18). The van der Waals surface area contributed by atoms with E-state index in [1.54, 1.807) is 0 Å². The number of aromatic amines is 1. The summed E-state index contributed by atoms with van der Waals surface area (Å²) in [5, 5.41) is 6.64. The summed E-state index contributed by atoms with van der Waals surface area (Å²) in [6, 6.07) is 1.53. The first-order valence-electron chi connectivity index (χ1n) is 7.32. The molecule has 1 aliphatic heterocycles.